The van der Waals surface area contributed by atoms with Gasteiger partial charge in [-0.1, -0.05) is 0 Å². The lowest BCUT2D eigenvalue weighted by molar-refractivity contribution is 0.266. The molecule has 0 aliphatic carbocycles. The summed E-state index contributed by atoms with van der Waals surface area (Å²) < 4.78 is 25.9. The molecule has 7 heteroatoms. The summed E-state index contributed by atoms with van der Waals surface area (Å²) in [5.74, 6) is 0. The first-order chi connectivity index (χ1) is 8.09. The topological polar surface area (TPSA) is 92.1 Å². The molecule has 1 aliphatic rings. The van der Waals surface area contributed by atoms with Gasteiger partial charge < -0.3 is 10.7 Å². The van der Waals surface area contributed by atoms with Gasteiger partial charge in [-0.25, -0.2) is 13.4 Å². The van der Waals surface area contributed by atoms with E-state index in [0.29, 0.717) is 24.1 Å². The van der Waals surface area contributed by atoms with Gasteiger partial charge in [-0.2, -0.15) is 4.31 Å². The Labute approximate surface area is 98.5 Å². The normalized spacial score (nSPS) is 18.4. The highest BCUT2D eigenvalue weighted by Gasteiger charge is 2.36. The lowest BCUT2D eigenvalue weighted by atomic mass is 10.2. The van der Waals surface area contributed by atoms with Crippen LogP contribution in [0.1, 0.15) is 0 Å². The van der Waals surface area contributed by atoms with E-state index in [4.69, 9.17) is 5.73 Å². The summed E-state index contributed by atoms with van der Waals surface area (Å²) in [6.45, 7) is 0.768. The number of fused-ring (bicyclic) bond motifs is 1. The molecule has 1 saturated heterocycles. The number of rotatable bonds is 2. The Kier molecular flexibility index (Phi) is 2.22. The van der Waals surface area contributed by atoms with Crippen LogP contribution in [0.4, 0.5) is 0 Å². The highest BCUT2D eigenvalue weighted by molar-refractivity contribution is 7.89. The minimum atomic E-state index is -3.44. The van der Waals surface area contributed by atoms with Crippen LogP contribution in [0.2, 0.25) is 0 Å². The third-order valence-electron chi connectivity index (χ3n) is 2.91. The average molecular weight is 252 g/mol. The van der Waals surface area contributed by atoms with E-state index < -0.39 is 10.0 Å². The third-order valence-corrected chi connectivity index (χ3v) is 4.78. The molecule has 1 fully saturated rings. The van der Waals surface area contributed by atoms with Crippen molar-refractivity contribution in [1.82, 2.24) is 14.3 Å². The highest BCUT2D eigenvalue weighted by Crippen LogP contribution is 2.26. The van der Waals surface area contributed by atoms with Crippen molar-refractivity contribution in [3.05, 3.63) is 24.5 Å². The van der Waals surface area contributed by atoms with Gasteiger partial charge >= 0.3 is 0 Å². The number of aromatic amines is 1. The van der Waals surface area contributed by atoms with Crippen LogP contribution in [0.3, 0.4) is 0 Å². The molecule has 90 valence electrons. The SMILES string of the molecule is NC1CN(S(=O)(=O)c2c[nH]c3ncccc23)C1. The van der Waals surface area contributed by atoms with Crippen LogP contribution in [0.5, 0.6) is 0 Å². The van der Waals surface area contributed by atoms with E-state index in [1.165, 1.54) is 10.5 Å². The summed E-state index contributed by atoms with van der Waals surface area (Å²) in [7, 11) is -3.44. The molecule has 6 nitrogen and oxygen atoms in total. The molecule has 0 aromatic carbocycles. The minimum absolute atomic E-state index is 0.0480. The van der Waals surface area contributed by atoms with E-state index >= 15 is 0 Å². The van der Waals surface area contributed by atoms with E-state index in [-0.39, 0.29) is 10.9 Å². The molecule has 0 bridgehead atoms. The van der Waals surface area contributed by atoms with Gasteiger partial charge in [0, 0.05) is 36.9 Å². The molecule has 0 amide bonds. The van der Waals surface area contributed by atoms with Crippen molar-refractivity contribution in [1.29, 1.82) is 0 Å². The molecule has 0 radical (unpaired) electrons. The predicted octanol–water partition coefficient (Wildman–Crippen LogP) is -0.105. The fourth-order valence-corrected chi connectivity index (χ4v) is 3.65. The molecular formula is C10H12N4O2S. The summed E-state index contributed by atoms with van der Waals surface area (Å²) in [6.07, 6.45) is 3.10. The molecule has 3 heterocycles. The molecule has 3 N–H and O–H groups in total. The largest absolute Gasteiger partial charge is 0.345 e. The first-order valence-corrected chi connectivity index (χ1v) is 6.71. The zero-order valence-electron chi connectivity index (χ0n) is 9.00. The molecule has 3 rings (SSSR count). The van der Waals surface area contributed by atoms with E-state index in [2.05, 4.69) is 9.97 Å². The van der Waals surface area contributed by atoms with Gasteiger partial charge in [0.05, 0.1) is 0 Å². The van der Waals surface area contributed by atoms with Gasteiger partial charge in [-0.3, -0.25) is 0 Å². The van der Waals surface area contributed by atoms with Gasteiger partial charge in [0.2, 0.25) is 10.0 Å². The lowest BCUT2D eigenvalue weighted by Gasteiger charge is -2.35. The average Bonchev–Trinajstić information content (AvgIpc) is 2.69. The molecule has 2 aromatic heterocycles. The van der Waals surface area contributed by atoms with Crippen LogP contribution in [0, 0.1) is 0 Å². The Hall–Kier alpha value is -1.44. The summed E-state index contributed by atoms with van der Waals surface area (Å²) in [5, 5.41) is 0.618. The van der Waals surface area contributed by atoms with E-state index in [9.17, 15) is 8.42 Å². The number of nitrogens with one attached hydrogen (secondary N) is 1. The van der Waals surface area contributed by atoms with Crippen molar-refractivity contribution in [3.63, 3.8) is 0 Å². The number of sulfonamides is 1. The van der Waals surface area contributed by atoms with Gasteiger partial charge in [0.15, 0.2) is 0 Å². The Morgan fingerprint density at radius 3 is 2.94 bits per heavy atom. The smallest absolute Gasteiger partial charge is 0.245 e. The summed E-state index contributed by atoms with van der Waals surface area (Å²) in [6, 6.07) is 3.41. The number of aromatic nitrogens is 2. The summed E-state index contributed by atoms with van der Waals surface area (Å²) in [5.41, 5.74) is 6.18. The molecule has 0 atom stereocenters. The molecule has 1 aliphatic heterocycles. The van der Waals surface area contributed by atoms with Gasteiger partial charge in [-0.15, -0.1) is 0 Å². The maximum absolute atomic E-state index is 12.3. The number of nitrogens with two attached hydrogens (primary N) is 1. The van der Waals surface area contributed by atoms with E-state index in [1.807, 2.05) is 0 Å². The Bertz CT molecular complexity index is 658. The van der Waals surface area contributed by atoms with Crippen LogP contribution >= 0.6 is 0 Å². The van der Waals surface area contributed by atoms with E-state index in [0.717, 1.165) is 0 Å². The molecule has 0 saturated carbocycles. The zero-order valence-corrected chi connectivity index (χ0v) is 9.81. The second-order valence-corrected chi connectivity index (χ2v) is 6.04. The third kappa shape index (κ3) is 1.54. The van der Waals surface area contributed by atoms with Crippen LogP contribution in [-0.2, 0) is 10.0 Å². The van der Waals surface area contributed by atoms with E-state index in [1.54, 1.807) is 18.3 Å². The van der Waals surface area contributed by atoms with Crippen molar-refractivity contribution < 1.29 is 8.42 Å². The highest BCUT2D eigenvalue weighted by atomic mass is 32.2. The second-order valence-electron chi connectivity index (χ2n) is 4.13. The van der Waals surface area contributed by atoms with Crippen molar-refractivity contribution in [2.24, 2.45) is 5.73 Å². The standard InChI is InChI=1S/C10H12N4O2S/c11-7-5-14(6-7)17(15,16)9-4-13-10-8(9)2-1-3-12-10/h1-4,7H,5-6,11H2,(H,12,13). The van der Waals surface area contributed by atoms with Crippen molar-refractivity contribution in [2.45, 2.75) is 10.9 Å². The fourth-order valence-electron chi connectivity index (χ4n) is 1.95. The monoisotopic (exact) mass is 252 g/mol. The Morgan fingerprint density at radius 1 is 1.47 bits per heavy atom. The molecule has 2 aromatic rings. The molecular weight excluding hydrogens is 240 g/mol. The first kappa shape index (κ1) is 10.7. The summed E-state index contributed by atoms with van der Waals surface area (Å²) in [4.78, 5) is 7.20. The second kappa shape index (κ2) is 3.52. The van der Waals surface area contributed by atoms with Gasteiger partial charge in [0.25, 0.3) is 0 Å². The van der Waals surface area contributed by atoms with Gasteiger partial charge in [-0.05, 0) is 12.1 Å². The number of H-pyrrole nitrogens is 1. The van der Waals surface area contributed by atoms with Gasteiger partial charge in [0.1, 0.15) is 10.5 Å². The van der Waals surface area contributed by atoms with Crippen LogP contribution in [0.25, 0.3) is 11.0 Å². The number of hydrogen-bond acceptors (Lipinski definition) is 4. The fraction of sp³-hybridized carbons (Fsp3) is 0.300. The molecule has 0 spiro atoms. The predicted molar refractivity (Wildman–Crippen MR) is 62.8 cm³/mol. The van der Waals surface area contributed by atoms with Crippen LogP contribution < -0.4 is 5.73 Å². The first-order valence-electron chi connectivity index (χ1n) is 5.27. The van der Waals surface area contributed by atoms with Crippen LogP contribution in [-0.4, -0.2) is 41.8 Å². The number of nitrogens with zero attached hydrogens (tertiary/aromatic N) is 2. The molecule has 0 unspecified atom stereocenters. The van der Waals surface area contributed by atoms with Crippen molar-refractivity contribution in [3.8, 4) is 0 Å². The van der Waals surface area contributed by atoms with Crippen LogP contribution in [0.15, 0.2) is 29.4 Å². The minimum Gasteiger partial charge on any atom is -0.345 e. The quantitative estimate of drug-likeness (QED) is 0.780. The molecule has 17 heavy (non-hydrogen) atoms. The Balaban J connectivity index is 2.09. The number of pyridine rings is 1. The Morgan fingerprint density at radius 2 is 2.24 bits per heavy atom. The maximum atomic E-state index is 12.3. The zero-order chi connectivity index (χ0) is 12.0. The van der Waals surface area contributed by atoms with Crippen molar-refractivity contribution in [2.75, 3.05) is 13.1 Å². The maximum Gasteiger partial charge on any atom is 0.245 e. The lowest BCUT2D eigenvalue weighted by Crippen LogP contribution is -2.57. The number of hydrogen-bond donors (Lipinski definition) is 2. The summed E-state index contributed by atoms with van der Waals surface area (Å²) >= 11 is 0. The van der Waals surface area contributed by atoms with Crippen molar-refractivity contribution >= 4 is 21.1 Å².